The second-order valence-electron chi connectivity index (χ2n) is 6.35. The van der Waals surface area contributed by atoms with Crippen molar-refractivity contribution in [2.24, 2.45) is 5.92 Å². The lowest BCUT2D eigenvalue weighted by molar-refractivity contribution is -0.692. The fourth-order valence-corrected chi connectivity index (χ4v) is 2.75. The summed E-state index contributed by atoms with van der Waals surface area (Å²) in [5, 5.41) is 4.06. The first kappa shape index (κ1) is 19.9. The molecule has 1 amide bonds. The summed E-state index contributed by atoms with van der Waals surface area (Å²) in [5.74, 6) is -0.733. The Morgan fingerprint density at radius 2 is 1.69 bits per heavy atom. The summed E-state index contributed by atoms with van der Waals surface area (Å²) in [5.41, 5.74) is -0.293. The second kappa shape index (κ2) is 8.31. The van der Waals surface area contributed by atoms with E-state index in [4.69, 9.17) is 0 Å². The molecule has 0 aliphatic rings. The van der Waals surface area contributed by atoms with Gasteiger partial charge in [0.1, 0.15) is 11.9 Å². The number of anilines is 1. The molecule has 0 radical (unpaired) electrons. The third-order valence-corrected chi connectivity index (χ3v) is 4.04. The van der Waals surface area contributed by atoms with Gasteiger partial charge in [0.25, 0.3) is 5.91 Å². The average Bonchev–Trinajstić information content (AvgIpc) is 2.56. The third kappa shape index (κ3) is 5.29. The van der Waals surface area contributed by atoms with Crippen LogP contribution in [0.25, 0.3) is 0 Å². The number of amides is 1. The van der Waals surface area contributed by atoms with Gasteiger partial charge in [-0.05, 0) is 24.3 Å². The Kier molecular flexibility index (Phi) is 6.37. The van der Waals surface area contributed by atoms with Crippen molar-refractivity contribution in [3.8, 4) is 0 Å². The Labute approximate surface area is 149 Å². The quantitative estimate of drug-likeness (QED) is 0.749. The molecule has 140 valence electrons. The van der Waals surface area contributed by atoms with Crippen LogP contribution < -0.4 is 10.6 Å². The van der Waals surface area contributed by atoms with Gasteiger partial charge in [-0.1, -0.05) is 38.1 Å². The van der Waals surface area contributed by atoms with Crippen LogP contribution in [-0.2, 0) is 11.0 Å². The predicted molar refractivity (Wildman–Crippen MR) is 90.8 cm³/mol. The van der Waals surface area contributed by atoms with Gasteiger partial charge in [-0.3, -0.25) is 4.79 Å². The molecule has 2 aromatic rings. The molecule has 7 heteroatoms. The number of carbonyl (C=O) groups is 1. The van der Waals surface area contributed by atoms with Gasteiger partial charge in [0.05, 0.1) is 11.3 Å². The minimum absolute atomic E-state index is 0.0492. The maximum absolute atomic E-state index is 13.1. The van der Waals surface area contributed by atoms with E-state index in [9.17, 15) is 22.4 Å². The highest BCUT2D eigenvalue weighted by atomic mass is 19.4. The highest BCUT2D eigenvalue weighted by Crippen LogP contribution is 2.34. The zero-order chi connectivity index (χ0) is 19.3. The van der Waals surface area contributed by atoms with Crippen molar-refractivity contribution in [2.75, 3.05) is 11.9 Å². The van der Waals surface area contributed by atoms with Crippen molar-refractivity contribution < 1.29 is 27.7 Å². The van der Waals surface area contributed by atoms with E-state index in [0.717, 1.165) is 11.6 Å². The van der Waals surface area contributed by atoms with Gasteiger partial charge in [0.15, 0.2) is 6.54 Å². The van der Waals surface area contributed by atoms with Crippen LogP contribution in [0.2, 0.25) is 0 Å². The zero-order valence-electron chi connectivity index (χ0n) is 14.5. The number of hydrogen-bond acceptors (Lipinski definition) is 1. The summed E-state index contributed by atoms with van der Waals surface area (Å²) in [4.78, 5) is 12.1. The number of alkyl halides is 3. The molecule has 0 saturated carbocycles. The lowest BCUT2D eigenvalue weighted by atomic mass is 9.96. The van der Waals surface area contributed by atoms with Crippen LogP contribution in [0.4, 0.5) is 23.2 Å². The third-order valence-electron chi connectivity index (χ3n) is 4.04. The van der Waals surface area contributed by atoms with Crippen LogP contribution in [0.15, 0.2) is 48.5 Å². The highest BCUT2D eigenvalue weighted by molar-refractivity contribution is 5.92. The molecule has 1 atom stereocenters. The fourth-order valence-electron chi connectivity index (χ4n) is 2.75. The SMILES string of the molecule is CC(C)[C@@H]([NH2+]CC(=O)Nc1ccccc1C(F)(F)F)c1ccc(F)cc1. The first-order valence-electron chi connectivity index (χ1n) is 8.23. The molecule has 2 rings (SSSR count). The predicted octanol–water partition coefficient (Wildman–Crippen LogP) is 3.74. The summed E-state index contributed by atoms with van der Waals surface area (Å²) in [6.45, 7) is 3.87. The smallest absolute Gasteiger partial charge is 0.332 e. The summed E-state index contributed by atoms with van der Waals surface area (Å²) < 4.78 is 52.0. The number of benzene rings is 2. The highest BCUT2D eigenvalue weighted by Gasteiger charge is 2.33. The van der Waals surface area contributed by atoms with Crippen LogP contribution >= 0.6 is 0 Å². The zero-order valence-corrected chi connectivity index (χ0v) is 14.5. The Hall–Kier alpha value is -2.41. The summed E-state index contributed by atoms with van der Waals surface area (Å²) in [7, 11) is 0. The standard InChI is InChI=1S/C19H20F4N2O/c1-12(2)18(13-7-9-14(20)10-8-13)24-11-17(26)25-16-6-4-3-5-15(16)19(21,22)23/h3-10,12,18,24H,11H2,1-2H3,(H,25,26)/p+1/t18-/m1/s1. The van der Waals surface area contributed by atoms with Gasteiger partial charge >= 0.3 is 6.18 Å². The minimum atomic E-state index is -4.54. The largest absolute Gasteiger partial charge is 0.418 e. The van der Waals surface area contributed by atoms with Gasteiger partial charge in [-0.2, -0.15) is 13.2 Å². The van der Waals surface area contributed by atoms with E-state index >= 15 is 0 Å². The van der Waals surface area contributed by atoms with Gasteiger partial charge in [0.2, 0.25) is 0 Å². The van der Waals surface area contributed by atoms with Crippen LogP contribution in [0.5, 0.6) is 0 Å². The minimum Gasteiger partial charge on any atom is -0.332 e. The maximum atomic E-state index is 13.1. The molecule has 26 heavy (non-hydrogen) atoms. The summed E-state index contributed by atoms with van der Waals surface area (Å²) in [6, 6.07) is 10.7. The van der Waals surface area contributed by atoms with Crippen molar-refractivity contribution >= 4 is 11.6 Å². The lowest BCUT2D eigenvalue weighted by Crippen LogP contribution is -2.88. The van der Waals surface area contributed by atoms with Crippen molar-refractivity contribution in [1.29, 1.82) is 0 Å². The Morgan fingerprint density at radius 3 is 2.27 bits per heavy atom. The number of halogens is 4. The van der Waals surface area contributed by atoms with E-state index in [1.54, 1.807) is 17.4 Å². The summed E-state index contributed by atoms with van der Waals surface area (Å²) >= 11 is 0. The molecular formula is C19H21F4N2O+. The van der Waals surface area contributed by atoms with Gasteiger partial charge < -0.3 is 10.6 Å². The van der Waals surface area contributed by atoms with Crippen LogP contribution in [0.1, 0.15) is 31.0 Å². The fraction of sp³-hybridized carbons (Fsp3) is 0.316. The number of nitrogens with one attached hydrogen (secondary N) is 1. The van der Waals surface area contributed by atoms with Gasteiger partial charge in [-0.25, -0.2) is 4.39 Å². The molecule has 0 saturated heterocycles. The molecular weight excluding hydrogens is 348 g/mol. The van der Waals surface area contributed by atoms with Gasteiger partial charge in [-0.15, -0.1) is 0 Å². The van der Waals surface area contributed by atoms with Crippen LogP contribution in [0, 0.1) is 11.7 Å². The molecule has 0 spiro atoms. The van der Waals surface area contributed by atoms with Crippen LogP contribution in [0.3, 0.4) is 0 Å². The Morgan fingerprint density at radius 1 is 1.08 bits per heavy atom. The average molecular weight is 369 g/mol. The van der Waals surface area contributed by atoms with E-state index < -0.39 is 17.6 Å². The van der Waals surface area contributed by atoms with E-state index in [1.807, 2.05) is 13.8 Å². The first-order chi connectivity index (χ1) is 12.2. The molecule has 3 N–H and O–H groups in total. The van der Waals surface area contributed by atoms with E-state index in [1.165, 1.54) is 30.3 Å². The Bertz CT molecular complexity index is 742. The molecule has 0 bridgehead atoms. The number of hydrogen-bond donors (Lipinski definition) is 2. The van der Waals surface area contributed by atoms with E-state index in [0.29, 0.717) is 0 Å². The molecule has 3 nitrogen and oxygen atoms in total. The van der Waals surface area contributed by atoms with E-state index in [-0.39, 0.29) is 30.0 Å². The molecule has 0 aromatic heterocycles. The number of rotatable bonds is 6. The van der Waals surface area contributed by atoms with Crippen molar-refractivity contribution in [1.82, 2.24) is 0 Å². The van der Waals surface area contributed by atoms with E-state index in [2.05, 4.69) is 5.32 Å². The van der Waals surface area contributed by atoms with Gasteiger partial charge in [0, 0.05) is 11.5 Å². The number of carbonyl (C=O) groups excluding carboxylic acids is 1. The normalized spacial score (nSPS) is 12.9. The topological polar surface area (TPSA) is 45.7 Å². The molecule has 0 heterocycles. The lowest BCUT2D eigenvalue weighted by Gasteiger charge is -2.20. The molecule has 2 aromatic carbocycles. The van der Waals surface area contributed by atoms with Crippen molar-refractivity contribution in [2.45, 2.75) is 26.1 Å². The van der Waals surface area contributed by atoms with Crippen LogP contribution in [-0.4, -0.2) is 12.5 Å². The summed E-state index contributed by atoms with van der Waals surface area (Å²) in [6.07, 6.45) is -4.54. The first-order valence-corrected chi connectivity index (χ1v) is 8.23. The maximum Gasteiger partial charge on any atom is 0.418 e. The second-order valence-corrected chi connectivity index (χ2v) is 6.35. The molecule has 0 fully saturated rings. The number of quaternary nitrogens is 1. The molecule has 0 unspecified atom stereocenters. The number of para-hydroxylation sites is 1. The number of nitrogens with two attached hydrogens (primary N) is 1. The molecule has 0 aliphatic heterocycles. The molecule has 0 aliphatic carbocycles. The van der Waals surface area contributed by atoms with Crippen molar-refractivity contribution in [3.05, 3.63) is 65.5 Å². The van der Waals surface area contributed by atoms with Crippen molar-refractivity contribution in [3.63, 3.8) is 0 Å². The monoisotopic (exact) mass is 369 g/mol. The Balaban J connectivity index is 2.05.